The Hall–Kier alpha value is -1.31. The summed E-state index contributed by atoms with van der Waals surface area (Å²) in [6, 6.07) is 7.61. The summed E-state index contributed by atoms with van der Waals surface area (Å²) in [5.41, 5.74) is 1.54. The van der Waals surface area contributed by atoms with Crippen molar-refractivity contribution in [2.45, 2.75) is 58.8 Å². The minimum absolute atomic E-state index is 0.225. The smallest absolute Gasteiger partial charge is 0.116 e. The molecule has 0 bridgehead atoms. The molecule has 102 valence electrons. The molecule has 0 aliphatic carbocycles. The van der Waals surface area contributed by atoms with Crippen LogP contribution in [0.3, 0.4) is 0 Å². The van der Waals surface area contributed by atoms with Crippen molar-refractivity contribution in [2.75, 3.05) is 0 Å². The van der Waals surface area contributed by atoms with Crippen molar-refractivity contribution in [3.8, 4) is 5.75 Å². The summed E-state index contributed by atoms with van der Waals surface area (Å²) in [6.45, 7) is 8.22. The highest BCUT2D eigenvalue weighted by molar-refractivity contribution is 5.44. The Balaban J connectivity index is 0.000000873. The molecule has 0 aliphatic heterocycles. The van der Waals surface area contributed by atoms with Gasteiger partial charge in [-0.15, -0.1) is 0 Å². The van der Waals surface area contributed by atoms with Crippen molar-refractivity contribution in [1.29, 1.82) is 0 Å². The van der Waals surface area contributed by atoms with Crippen LogP contribution in [0.5, 0.6) is 5.75 Å². The van der Waals surface area contributed by atoms with E-state index in [1.807, 2.05) is 12.1 Å². The van der Waals surface area contributed by atoms with E-state index in [9.17, 15) is 5.11 Å². The van der Waals surface area contributed by atoms with E-state index in [0.717, 1.165) is 6.29 Å². The van der Waals surface area contributed by atoms with Crippen LogP contribution in [0.25, 0.3) is 0 Å². The summed E-state index contributed by atoms with van der Waals surface area (Å²) >= 11 is 0. The van der Waals surface area contributed by atoms with Crippen LogP contribution in [0.1, 0.15) is 58.9 Å². The second-order valence-corrected chi connectivity index (χ2v) is 5.12. The molecule has 1 rings (SSSR count). The lowest BCUT2D eigenvalue weighted by molar-refractivity contribution is -0.106. The largest absolute Gasteiger partial charge is 0.508 e. The van der Waals surface area contributed by atoms with Gasteiger partial charge in [-0.05, 0) is 36.5 Å². The standard InChI is InChI=1S/C14H22O.C2H4O/c1-4-5-6-11-14(2,3)12-7-9-13(15)10-8-12;1-2-3/h7-10,15H,4-6,11H2,1-3H3;2H,1H3. The average Bonchev–Trinajstić information content (AvgIpc) is 2.31. The molecule has 0 saturated carbocycles. The van der Waals surface area contributed by atoms with Gasteiger partial charge in [-0.3, -0.25) is 0 Å². The third-order valence-electron chi connectivity index (χ3n) is 3.05. The number of aromatic hydroxyl groups is 1. The molecule has 0 heterocycles. The highest BCUT2D eigenvalue weighted by atomic mass is 16.3. The fraction of sp³-hybridized carbons (Fsp3) is 0.562. The number of phenols is 1. The zero-order valence-corrected chi connectivity index (χ0v) is 12.1. The van der Waals surface area contributed by atoms with Crippen molar-refractivity contribution in [1.82, 2.24) is 0 Å². The van der Waals surface area contributed by atoms with Crippen LogP contribution in [0, 0.1) is 0 Å². The fourth-order valence-electron chi connectivity index (χ4n) is 1.87. The molecule has 18 heavy (non-hydrogen) atoms. The van der Waals surface area contributed by atoms with Gasteiger partial charge < -0.3 is 9.90 Å². The quantitative estimate of drug-likeness (QED) is 0.619. The lowest BCUT2D eigenvalue weighted by atomic mass is 9.80. The van der Waals surface area contributed by atoms with Gasteiger partial charge in [-0.25, -0.2) is 0 Å². The maximum atomic E-state index is 9.24. The van der Waals surface area contributed by atoms with Gasteiger partial charge in [-0.2, -0.15) is 0 Å². The molecular formula is C16H26O2. The van der Waals surface area contributed by atoms with Crippen LogP contribution in [-0.2, 0) is 10.2 Å². The maximum Gasteiger partial charge on any atom is 0.116 e. The zero-order chi connectivity index (χ0) is 14.0. The zero-order valence-electron chi connectivity index (χ0n) is 12.1. The van der Waals surface area contributed by atoms with E-state index in [0.29, 0.717) is 5.75 Å². The third-order valence-corrected chi connectivity index (χ3v) is 3.05. The molecule has 0 radical (unpaired) electrons. The maximum absolute atomic E-state index is 9.24. The molecule has 0 aromatic heterocycles. The molecule has 0 spiro atoms. The van der Waals surface area contributed by atoms with E-state index in [2.05, 4.69) is 20.8 Å². The van der Waals surface area contributed by atoms with Gasteiger partial charge in [-0.1, -0.05) is 52.2 Å². The summed E-state index contributed by atoms with van der Waals surface area (Å²) < 4.78 is 0. The van der Waals surface area contributed by atoms with Gasteiger partial charge in [0.05, 0.1) is 0 Å². The summed E-state index contributed by atoms with van der Waals surface area (Å²) in [7, 11) is 0. The number of hydrogen-bond donors (Lipinski definition) is 1. The first-order valence-corrected chi connectivity index (χ1v) is 6.67. The lowest BCUT2D eigenvalue weighted by Crippen LogP contribution is -2.16. The topological polar surface area (TPSA) is 37.3 Å². The number of aldehydes is 1. The van der Waals surface area contributed by atoms with Gasteiger partial charge in [0.1, 0.15) is 12.0 Å². The first-order chi connectivity index (χ1) is 8.47. The minimum Gasteiger partial charge on any atom is -0.508 e. The lowest BCUT2D eigenvalue weighted by Gasteiger charge is -2.25. The van der Waals surface area contributed by atoms with Crippen LogP contribution < -0.4 is 0 Å². The number of phenolic OH excluding ortho intramolecular Hbond substituents is 1. The van der Waals surface area contributed by atoms with Crippen molar-refractivity contribution < 1.29 is 9.90 Å². The third kappa shape index (κ3) is 6.43. The Morgan fingerprint density at radius 1 is 1.17 bits per heavy atom. The van der Waals surface area contributed by atoms with E-state index < -0.39 is 0 Å². The summed E-state index contributed by atoms with van der Waals surface area (Å²) in [4.78, 5) is 8.81. The normalized spacial score (nSPS) is 10.4. The number of carbonyl (C=O) groups excluding carboxylic acids is 1. The second kappa shape index (κ2) is 8.73. The fourth-order valence-corrected chi connectivity index (χ4v) is 1.87. The van der Waals surface area contributed by atoms with E-state index in [4.69, 9.17) is 4.79 Å². The SMILES string of the molecule is CC=O.CCCCCC(C)(C)c1ccc(O)cc1. The molecule has 0 atom stereocenters. The molecule has 0 amide bonds. The molecule has 2 heteroatoms. The molecule has 1 aromatic rings. The predicted molar refractivity (Wildman–Crippen MR) is 77.0 cm³/mol. The monoisotopic (exact) mass is 250 g/mol. The van der Waals surface area contributed by atoms with Crippen LogP contribution in [0.15, 0.2) is 24.3 Å². The number of hydrogen-bond acceptors (Lipinski definition) is 2. The van der Waals surface area contributed by atoms with E-state index in [1.165, 1.54) is 38.2 Å². The molecular weight excluding hydrogens is 224 g/mol. The molecule has 1 N–H and O–H groups in total. The Morgan fingerprint density at radius 2 is 1.67 bits per heavy atom. The summed E-state index contributed by atoms with van der Waals surface area (Å²) in [5, 5.41) is 9.24. The number of rotatable bonds is 5. The molecule has 1 aromatic carbocycles. The Kier molecular flexibility index (Phi) is 8.10. The molecule has 0 unspecified atom stereocenters. The van der Waals surface area contributed by atoms with Crippen molar-refractivity contribution in [3.05, 3.63) is 29.8 Å². The van der Waals surface area contributed by atoms with Gasteiger partial charge in [0.2, 0.25) is 0 Å². The van der Waals surface area contributed by atoms with Gasteiger partial charge in [0.25, 0.3) is 0 Å². The van der Waals surface area contributed by atoms with Gasteiger partial charge >= 0.3 is 0 Å². The van der Waals surface area contributed by atoms with Gasteiger partial charge in [0, 0.05) is 0 Å². The predicted octanol–water partition coefficient (Wildman–Crippen LogP) is 4.46. The van der Waals surface area contributed by atoms with Crippen molar-refractivity contribution in [2.24, 2.45) is 0 Å². The van der Waals surface area contributed by atoms with E-state index >= 15 is 0 Å². The van der Waals surface area contributed by atoms with Crippen LogP contribution in [-0.4, -0.2) is 11.4 Å². The highest BCUT2D eigenvalue weighted by Crippen LogP contribution is 2.30. The number of carbonyl (C=O) groups is 1. The van der Waals surface area contributed by atoms with Crippen LogP contribution in [0.4, 0.5) is 0 Å². The minimum atomic E-state index is 0.225. The summed E-state index contributed by atoms with van der Waals surface area (Å²) in [5.74, 6) is 0.350. The molecule has 0 fully saturated rings. The first kappa shape index (κ1) is 16.7. The van der Waals surface area contributed by atoms with E-state index in [1.54, 1.807) is 12.1 Å². The Bertz CT molecular complexity index is 325. The van der Waals surface area contributed by atoms with Crippen molar-refractivity contribution >= 4 is 6.29 Å². The van der Waals surface area contributed by atoms with Gasteiger partial charge in [0.15, 0.2) is 0 Å². The average molecular weight is 250 g/mol. The highest BCUT2D eigenvalue weighted by Gasteiger charge is 2.19. The second-order valence-electron chi connectivity index (χ2n) is 5.12. The number of unbranched alkanes of at least 4 members (excludes halogenated alkanes) is 2. The van der Waals surface area contributed by atoms with Crippen molar-refractivity contribution in [3.63, 3.8) is 0 Å². The molecule has 2 nitrogen and oxygen atoms in total. The van der Waals surface area contributed by atoms with Crippen LogP contribution in [0.2, 0.25) is 0 Å². The molecule has 0 aliphatic rings. The first-order valence-electron chi connectivity index (χ1n) is 6.67. The number of benzene rings is 1. The van der Waals surface area contributed by atoms with E-state index in [-0.39, 0.29) is 5.41 Å². The van der Waals surface area contributed by atoms with Crippen LogP contribution >= 0.6 is 0 Å². The molecule has 0 saturated heterocycles. The summed E-state index contributed by atoms with van der Waals surface area (Å²) in [6.07, 6.45) is 5.82. The Morgan fingerprint density at radius 3 is 2.11 bits per heavy atom. The Labute approximate surface area is 111 Å².